The van der Waals surface area contributed by atoms with E-state index in [-0.39, 0.29) is 11.3 Å². The van der Waals surface area contributed by atoms with Crippen molar-refractivity contribution in [2.45, 2.75) is 0 Å². The molecule has 0 saturated heterocycles. The van der Waals surface area contributed by atoms with E-state index in [0.29, 0.717) is 16.9 Å². The molecule has 0 bridgehead atoms. The van der Waals surface area contributed by atoms with Crippen LogP contribution in [0.25, 0.3) is 28.2 Å². The van der Waals surface area contributed by atoms with Crippen molar-refractivity contribution in [1.29, 1.82) is 0 Å². The second kappa shape index (κ2) is 7.40. The Labute approximate surface area is 169 Å². The van der Waals surface area contributed by atoms with E-state index in [1.807, 2.05) is 54.6 Å². The SMILES string of the molecule is O=C(O)c1c(-c2ccc(F)cc2)nn(-c2cccc(Br)c2)c1-c1ccccc1. The Morgan fingerprint density at radius 1 is 0.929 bits per heavy atom. The van der Waals surface area contributed by atoms with Gasteiger partial charge < -0.3 is 5.11 Å². The van der Waals surface area contributed by atoms with Gasteiger partial charge in [-0.1, -0.05) is 52.3 Å². The highest BCUT2D eigenvalue weighted by atomic mass is 79.9. The van der Waals surface area contributed by atoms with E-state index in [1.54, 1.807) is 4.68 Å². The van der Waals surface area contributed by atoms with Crippen molar-refractivity contribution in [3.05, 3.63) is 94.7 Å². The Hall–Kier alpha value is -3.25. The lowest BCUT2D eigenvalue weighted by Gasteiger charge is -2.09. The van der Waals surface area contributed by atoms with Gasteiger partial charge in [-0.25, -0.2) is 13.9 Å². The first-order chi connectivity index (χ1) is 13.5. The molecule has 28 heavy (non-hydrogen) atoms. The summed E-state index contributed by atoms with van der Waals surface area (Å²) >= 11 is 3.45. The van der Waals surface area contributed by atoms with Crippen LogP contribution in [0.4, 0.5) is 4.39 Å². The molecule has 4 aromatic rings. The van der Waals surface area contributed by atoms with Crippen LogP contribution in [0.2, 0.25) is 0 Å². The normalized spacial score (nSPS) is 10.8. The molecule has 4 nitrogen and oxygen atoms in total. The van der Waals surface area contributed by atoms with Crippen LogP contribution in [-0.2, 0) is 0 Å². The van der Waals surface area contributed by atoms with Gasteiger partial charge in [0.15, 0.2) is 0 Å². The number of hydrogen-bond acceptors (Lipinski definition) is 2. The van der Waals surface area contributed by atoms with E-state index in [2.05, 4.69) is 21.0 Å². The molecule has 0 radical (unpaired) electrons. The number of hydrogen-bond donors (Lipinski definition) is 1. The lowest BCUT2D eigenvalue weighted by Crippen LogP contribution is -2.03. The van der Waals surface area contributed by atoms with Gasteiger partial charge in [-0.15, -0.1) is 0 Å². The first-order valence-corrected chi connectivity index (χ1v) is 9.27. The van der Waals surface area contributed by atoms with E-state index in [9.17, 15) is 14.3 Å². The molecule has 4 rings (SSSR count). The fourth-order valence-electron chi connectivity index (χ4n) is 3.09. The van der Waals surface area contributed by atoms with Crippen LogP contribution in [0.15, 0.2) is 83.3 Å². The molecule has 0 aliphatic carbocycles. The number of nitrogens with zero attached hydrogens (tertiary/aromatic N) is 2. The van der Waals surface area contributed by atoms with Crippen LogP contribution >= 0.6 is 15.9 Å². The van der Waals surface area contributed by atoms with Crippen LogP contribution in [0.1, 0.15) is 10.4 Å². The highest BCUT2D eigenvalue weighted by Crippen LogP contribution is 2.34. The summed E-state index contributed by atoms with van der Waals surface area (Å²) < 4.78 is 15.8. The molecule has 1 N–H and O–H groups in total. The van der Waals surface area contributed by atoms with Gasteiger partial charge in [0.25, 0.3) is 0 Å². The van der Waals surface area contributed by atoms with E-state index >= 15 is 0 Å². The fraction of sp³-hybridized carbons (Fsp3) is 0. The molecule has 0 spiro atoms. The minimum atomic E-state index is -1.10. The third-order valence-electron chi connectivity index (χ3n) is 4.32. The third-order valence-corrected chi connectivity index (χ3v) is 4.81. The van der Waals surface area contributed by atoms with Gasteiger partial charge >= 0.3 is 5.97 Å². The first kappa shape index (κ1) is 18.1. The summed E-state index contributed by atoms with van der Waals surface area (Å²) in [5.74, 6) is -1.49. The highest BCUT2D eigenvalue weighted by Gasteiger charge is 2.26. The molecule has 6 heteroatoms. The van der Waals surface area contributed by atoms with E-state index in [1.165, 1.54) is 24.3 Å². The largest absolute Gasteiger partial charge is 0.478 e. The van der Waals surface area contributed by atoms with Crippen LogP contribution in [0.5, 0.6) is 0 Å². The van der Waals surface area contributed by atoms with Crippen LogP contribution < -0.4 is 0 Å². The predicted octanol–water partition coefficient (Wildman–Crippen LogP) is 5.81. The van der Waals surface area contributed by atoms with Gasteiger partial charge in [0.2, 0.25) is 0 Å². The summed E-state index contributed by atoms with van der Waals surface area (Å²) in [5.41, 5.74) is 2.78. The lowest BCUT2D eigenvalue weighted by atomic mass is 10.0. The second-order valence-corrected chi connectivity index (χ2v) is 7.06. The van der Waals surface area contributed by atoms with Gasteiger partial charge in [-0.2, -0.15) is 5.10 Å². The summed E-state index contributed by atoms with van der Waals surface area (Å²) in [6, 6.07) is 22.3. The monoisotopic (exact) mass is 436 g/mol. The number of carbonyl (C=O) groups is 1. The van der Waals surface area contributed by atoms with Crippen LogP contribution in [0.3, 0.4) is 0 Å². The number of aromatic carboxylic acids is 1. The van der Waals surface area contributed by atoms with Crippen molar-refractivity contribution >= 4 is 21.9 Å². The first-order valence-electron chi connectivity index (χ1n) is 8.48. The van der Waals surface area contributed by atoms with Crippen molar-refractivity contribution in [3.8, 4) is 28.2 Å². The molecule has 1 aromatic heterocycles. The van der Waals surface area contributed by atoms with Gasteiger partial charge in [0.1, 0.15) is 17.1 Å². The van der Waals surface area contributed by atoms with Crippen LogP contribution in [0, 0.1) is 5.82 Å². The molecule has 0 fully saturated rings. The Morgan fingerprint density at radius 3 is 2.29 bits per heavy atom. The maximum absolute atomic E-state index is 13.4. The number of carboxylic acid groups (broad SMARTS) is 1. The summed E-state index contributed by atoms with van der Waals surface area (Å²) in [7, 11) is 0. The smallest absolute Gasteiger partial charge is 0.340 e. The summed E-state index contributed by atoms with van der Waals surface area (Å²) in [6.07, 6.45) is 0. The Kier molecular flexibility index (Phi) is 4.79. The number of carboxylic acids is 1. The van der Waals surface area contributed by atoms with Crippen molar-refractivity contribution in [2.24, 2.45) is 0 Å². The summed E-state index contributed by atoms with van der Waals surface area (Å²) in [6.45, 7) is 0. The molecular formula is C22H14BrFN2O2. The number of rotatable bonds is 4. The summed E-state index contributed by atoms with van der Waals surface area (Å²) in [5, 5.41) is 14.6. The minimum Gasteiger partial charge on any atom is -0.478 e. The molecular weight excluding hydrogens is 423 g/mol. The molecule has 0 unspecified atom stereocenters. The Morgan fingerprint density at radius 2 is 1.64 bits per heavy atom. The fourth-order valence-corrected chi connectivity index (χ4v) is 3.47. The zero-order valence-corrected chi connectivity index (χ0v) is 16.1. The molecule has 0 saturated carbocycles. The van der Waals surface area contributed by atoms with E-state index in [0.717, 1.165) is 10.0 Å². The van der Waals surface area contributed by atoms with E-state index < -0.39 is 11.8 Å². The molecule has 0 atom stereocenters. The van der Waals surface area contributed by atoms with Crippen LogP contribution in [-0.4, -0.2) is 20.9 Å². The number of benzene rings is 3. The summed E-state index contributed by atoms with van der Waals surface area (Å²) in [4.78, 5) is 12.2. The van der Waals surface area contributed by atoms with Gasteiger partial charge in [-0.3, -0.25) is 0 Å². The molecule has 0 aliphatic heterocycles. The van der Waals surface area contributed by atoms with Crippen molar-refractivity contribution in [3.63, 3.8) is 0 Å². The van der Waals surface area contributed by atoms with E-state index in [4.69, 9.17) is 0 Å². The number of aromatic nitrogens is 2. The Bertz CT molecular complexity index is 1160. The van der Waals surface area contributed by atoms with Gasteiger partial charge in [0, 0.05) is 15.6 Å². The Balaban J connectivity index is 2.06. The highest BCUT2D eigenvalue weighted by molar-refractivity contribution is 9.10. The predicted molar refractivity (Wildman–Crippen MR) is 109 cm³/mol. The van der Waals surface area contributed by atoms with Crippen molar-refractivity contribution in [1.82, 2.24) is 9.78 Å². The average Bonchev–Trinajstić information content (AvgIpc) is 3.10. The maximum atomic E-state index is 13.4. The average molecular weight is 437 g/mol. The van der Waals surface area contributed by atoms with Gasteiger partial charge in [0.05, 0.1) is 11.4 Å². The molecule has 138 valence electrons. The molecule has 3 aromatic carbocycles. The molecule has 0 amide bonds. The number of halogens is 2. The zero-order valence-electron chi connectivity index (χ0n) is 14.5. The van der Waals surface area contributed by atoms with Crippen molar-refractivity contribution < 1.29 is 14.3 Å². The topological polar surface area (TPSA) is 55.1 Å². The second-order valence-electron chi connectivity index (χ2n) is 6.14. The zero-order chi connectivity index (χ0) is 19.7. The van der Waals surface area contributed by atoms with Crippen molar-refractivity contribution in [2.75, 3.05) is 0 Å². The minimum absolute atomic E-state index is 0.0674. The maximum Gasteiger partial charge on any atom is 0.340 e. The third kappa shape index (κ3) is 3.34. The molecule has 0 aliphatic rings. The van der Waals surface area contributed by atoms with Gasteiger partial charge in [-0.05, 0) is 42.5 Å². The standard InChI is InChI=1S/C22H14BrFN2O2/c23-16-7-4-8-18(13-16)26-21(15-5-2-1-3-6-15)19(22(27)28)20(25-26)14-9-11-17(24)12-10-14/h1-13H,(H,27,28). The molecule has 1 heterocycles. The lowest BCUT2D eigenvalue weighted by molar-refractivity contribution is 0.0698. The quantitative estimate of drug-likeness (QED) is 0.439.